The van der Waals surface area contributed by atoms with Crippen molar-refractivity contribution < 1.29 is 13.7 Å². The summed E-state index contributed by atoms with van der Waals surface area (Å²) in [4.78, 5) is 17.2. The van der Waals surface area contributed by atoms with Crippen LogP contribution < -0.4 is 5.73 Å². The molecule has 0 aliphatic carbocycles. The Morgan fingerprint density at radius 1 is 1.58 bits per heavy atom. The average Bonchev–Trinajstić information content (AvgIpc) is 3.09. The maximum absolute atomic E-state index is 11.0. The van der Waals surface area contributed by atoms with Gasteiger partial charge >= 0.3 is 0 Å². The van der Waals surface area contributed by atoms with Crippen LogP contribution in [0.1, 0.15) is 41.2 Å². The predicted molar refractivity (Wildman–Crippen MR) is 63.9 cm³/mol. The molecule has 1 unspecified atom stereocenters. The SMILES string of the molecule is NC(=O)c1noc(C2CCCN2Cc2ccco2)n1. The largest absolute Gasteiger partial charge is 0.468 e. The van der Waals surface area contributed by atoms with Gasteiger partial charge in [0, 0.05) is 0 Å². The number of nitrogens with zero attached hydrogens (tertiary/aromatic N) is 3. The van der Waals surface area contributed by atoms with E-state index in [1.807, 2.05) is 12.1 Å². The Labute approximate surface area is 109 Å². The van der Waals surface area contributed by atoms with Crippen LogP contribution in [0.5, 0.6) is 0 Å². The van der Waals surface area contributed by atoms with Crippen molar-refractivity contribution in [1.82, 2.24) is 15.0 Å². The molecule has 0 saturated carbocycles. The molecule has 3 heterocycles. The van der Waals surface area contributed by atoms with Crippen molar-refractivity contribution in [1.29, 1.82) is 0 Å². The number of primary amides is 1. The van der Waals surface area contributed by atoms with E-state index in [0.29, 0.717) is 12.4 Å². The highest BCUT2D eigenvalue weighted by atomic mass is 16.5. The first-order valence-electron chi connectivity index (χ1n) is 6.14. The monoisotopic (exact) mass is 262 g/mol. The highest BCUT2D eigenvalue weighted by Gasteiger charge is 2.31. The van der Waals surface area contributed by atoms with Gasteiger partial charge in [-0.25, -0.2) is 0 Å². The molecular formula is C12H14N4O3. The maximum Gasteiger partial charge on any atom is 0.290 e. The Hall–Kier alpha value is -2.15. The average molecular weight is 262 g/mol. The van der Waals surface area contributed by atoms with Gasteiger partial charge in [-0.2, -0.15) is 4.98 Å². The molecule has 0 radical (unpaired) electrons. The minimum absolute atomic E-state index is 0.0192. The third-order valence-electron chi connectivity index (χ3n) is 3.25. The summed E-state index contributed by atoms with van der Waals surface area (Å²) in [6.45, 7) is 1.62. The van der Waals surface area contributed by atoms with Crippen LogP contribution in [0, 0.1) is 0 Å². The molecule has 1 amide bonds. The standard InChI is InChI=1S/C12H14N4O3/c13-10(17)11-14-12(19-15-11)9-4-1-5-16(9)7-8-3-2-6-18-8/h2-3,6,9H,1,4-5,7H2,(H2,13,17). The van der Waals surface area contributed by atoms with E-state index in [9.17, 15) is 4.79 Å². The van der Waals surface area contributed by atoms with Crippen LogP contribution in [0.3, 0.4) is 0 Å². The number of likely N-dealkylation sites (tertiary alicyclic amines) is 1. The summed E-state index contributed by atoms with van der Waals surface area (Å²) in [5.41, 5.74) is 5.12. The number of nitrogens with two attached hydrogens (primary N) is 1. The smallest absolute Gasteiger partial charge is 0.290 e. The van der Waals surface area contributed by atoms with Crippen LogP contribution in [-0.2, 0) is 6.54 Å². The molecule has 7 nitrogen and oxygen atoms in total. The van der Waals surface area contributed by atoms with Crippen LogP contribution in [-0.4, -0.2) is 27.5 Å². The van der Waals surface area contributed by atoms with Crippen molar-refractivity contribution in [3.63, 3.8) is 0 Å². The zero-order valence-electron chi connectivity index (χ0n) is 10.3. The molecule has 1 aliphatic heterocycles. The van der Waals surface area contributed by atoms with Gasteiger partial charge in [0.05, 0.1) is 18.8 Å². The van der Waals surface area contributed by atoms with Gasteiger partial charge in [0.1, 0.15) is 5.76 Å². The van der Waals surface area contributed by atoms with Crippen molar-refractivity contribution in [2.24, 2.45) is 5.73 Å². The number of hydrogen-bond acceptors (Lipinski definition) is 6. The van der Waals surface area contributed by atoms with E-state index in [0.717, 1.165) is 25.1 Å². The van der Waals surface area contributed by atoms with Crippen LogP contribution >= 0.6 is 0 Å². The van der Waals surface area contributed by atoms with Gasteiger partial charge in [-0.1, -0.05) is 5.16 Å². The van der Waals surface area contributed by atoms with Gasteiger partial charge in [0.25, 0.3) is 11.7 Å². The lowest BCUT2D eigenvalue weighted by atomic mass is 10.2. The van der Waals surface area contributed by atoms with Gasteiger partial charge in [0.15, 0.2) is 0 Å². The zero-order chi connectivity index (χ0) is 13.2. The summed E-state index contributed by atoms with van der Waals surface area (Å²) in [5, 5.41) is 3.58. The Balaban J connectivity index is 1.76. The first kappa shape index (κ1) is 11.9. The molecule has 1 atom stereocenters. The highest BCUT2D eigenvalue weighted by Crippen LogP contribution is 2.32. The number of carbonyl (C=O) groups is 1. The molecule has 3 rings (SSSR count). The number of rotatable bonds is 4. The highest BCUT2D eigenvalue weighted by molar-refractivity contribution is 5.88. The first-order valence-corrected chi connectivity index (χ1v) is 6.14. The number of furan rings is 1. The number of carbonyl (C=O) groups excluding carboxylic acids is 1. The summed E-state index contributed by atoms with van der Waals surface area (Å²) in [7, 11) is 0. The van der Waals surface area contributed by atoms with E-state index in [2.05, 4.69) is 15.0 Å². The van der Waals surface area contributed by atoms with Crippen LogP contribution in [0.15, 0.2) is 27.3 Å². The second-order valence-corrected chi connectivity index (χ2v) is 4.53. The molecule has 2 aromatic heterocycles. The summed E-state index contributed by atoms with van der Waals surface area (Å²) in [6.07, 6.45) is 3.61. The lowest BCUT2D eigenvalue weighted by Crippen LogP contribution is -2.23. The van der Waals surface area contributed by atoms with Crippen molar-refractivity contribution >= 4 is 5.91 Å². The quantitative estimate of drug-likeness (QED) is 0.885. The van der Waals surface area contributed by atoms with Crippen LogP contribution in [0.25, 0.3) is 0 Å². The van der Waals surface area contributed by atoms with Gasteiger partial charge in [-0.15, -0.1) is 0 Å². The van der Waals surface area contributed by atoms with Gasteiger partial charge in [-0.05, 0) is 31.5 Å². The van der Waals surface area contributed by atoms with Crippen LogP contribution in [0.4, 0.5) is 0 Å². The number of aromatic nitrogens is 2. The van der Waals surface area contributed by atoms with Gasteiger partial charge in [-0.3, -0.25) is 9.69 Å². The van der Waals surface area contributed by atoms with E-state index in [1.165, 1.54) is 0 Å². The maximum atomic E-state index is 11.0. The summed E-state index contributed by atoms with van der Waals surface area (Å²) in [6, 6.07) is 3.81. The molecule has 19 heavy (non-hydrogen) atoms. The molecular weight excluding hydrogens is 248 g/mol. The number of hydrogen-bond donors (Lipinski definition) is 1. The summed E-state index contributed by atoms with van der Waals surface area (Å²) < 4.78 is 10.5. The predicted octanol–water partition coefficient (Wildman–Crippen LogP) is 1.10. The van der Waals surface area contributed by atoms with E-state index in [4.69, 9.17) is 14.7 Å². The van der Waals surface area contributed by atoms with Crippen molar-refractivity contribution in [2.45, 2.75) is 25.4 Å². The molecule has 7 heteroatoms. The third-order valence-corrected chi connectivity index (χ3v) is 3.25. The topological polar surface area (TPSA) is 98.4 Å². The number of amides is 1. The minimum atomic E-state index is -0.675. The lowest BCUT2D eigenvalue weighted by Gasteiger charge is -2.19. The Morgan fingerprint density at radius 2 is 2.47 bits per heavy atom. The lowest BCUT2D eigenvalue weighted by molar-refractivity contribution is 0.0987. The molecule has 2 aromatic rings. The van der Waals surface area contributed by atoms with Crippen molar-refractivity contribution in [3.8, 4) is 0 Å². The molecule has 0 bridgehead atoms. The Kier molecular flexibility index (Phi) is 3.04. The fourth-order valence-corrected chi connectivity index (χ4v) is 2.37. The minimum Gasteiger partial charge on any atom is -0.468 e. The second kappa shape index (κ2) is 4.85. The molecule has 1 saturated heterocycles. The van der Waals surface area contributed by atoms with Crippen molar-refractivity contribution in [3.05, 3.63) is 35.9 Å². The first-order chi connectivity index (χ1) is 9.24. The fraction of sp³-hybridized carbons (Fsp3) is 0.417. The molecule has 0 spiro atoms. The zero-order valence-corrected chi connectivity index (χ0v) is 10.3. The van der Waals surface area contributed by atoms with E-state index >= 15 is 0 Å². The molecule has 1 fully saturated rings. The van der Waals surface area contributed by atoms with Crippen molar-refractivity contribution in [2.75, 3.05) is 6.54 Å². The molecule has 0 aromatic carbocycles. The molecule has 100 valence electrons. The molecule has 2 N–H and O–H groups in total. The van der Waals surface area contributed by atoms with Gasteiger partial charge < -0.3 is 14.7 Å². The van der Waals surface area contributed by atoms with E-state index < -0.39 is 5.91 Å². The van der Waals surface area contributed by atoms with E-state index in [1.54, 1.807) is 6.26 Å². The summed E-state index contributed by atoms with van der Waals surface area (Å²) in [5.74, 6) is 0.588. The Morgan fingerprint density at radius 3 is 3.16 bits per heavy atom. The summed E-state index contributed by atoms with van der Waals surface area (Å²) >= 11 is 0. The normalized spacial score (nSPS) is 19.9. The molecule has 1 aliphatic rings. The second-order valence-electron chi connectivity index (χ2n) is 4.53. The van der Waals surface area contributed by atoms with Gasteiger partial charge in [0.2, 0.25) is 5.89 Å². The third kappa shape index (κ3) is 2.37. The Bertz CT molecular complexity index is 563. The fourth-order valence-electron chi connectivity index (χ4n) is 2.37. The van der Waals surface area contributed by atoms with E-state index in [-0.39, 0.29) is 11.9 Å². The van der Waals surface area contributed by atoms with Crippen LogP contribution in [0.2, 0.25) is 0 Å².